The standard InChI is InChI=1S/C13H19NO3/c1-13(2,12(15)16)9-14(3)10-6-5-7-11(8-10)17-4/h5-8H,9H2,1-4H3,(H,15,16). The van der Waals surface area contributed by atoms with Gasteiger partial charge in [-0.3, -0.25) is 4.79 Å². The van der Waals surface area contributed by atoms with Crippen LogP contribution in [0.1, 0.15) is 13.8 Å². The molecule has 0 bridgehead atoms. The highest BCUT2D eigenvalue weighted by Crippen LogP contribution is 2.24. The van der Waals surface area contributed by atoms with Crippen molar-refractivity contribution < 1.29 is 14.6 Å². The third-order valence-electron chi connectivity index (χ3n) is 2.71. The molecule has 0 aromatic heterocycles. The maximum absolute atomic E-state index is 11.1. The Bertz CT molecular complexity index is 401. The number of carboxylic acid groups (broad SMARTS) is 1. The highest BCUT2D eigenvalue weighted by molar-refractivity contribution is 5.74. The van der Waals surface area contributed by atoms with E-state index < -0.39 is 11.4 Å². The number of carboxylic acids is 1. The molecule has 0 spiro atoms. The number of hydrogen-bond donors (Lipinski definition) is 1. The van der Waals surface area contributed by atoms with E-state index in [0.29, 0.717) is 6.54 Å². The van der Waals surface area contributed by atoms with Crippen molar-refractivity contribution in [1.29, 1.82) is 0 Å². The number of nitrogens with zero attached hydrogens (tertiary/aromatic N) is 1. The summed E-state index contributed by atoms with van der Waals surface area (Å²) in [6, 6.07) is 7.57. The lowest BCUT2D eigenvalue weighted by Crippen LogP contribution is -2.37. The molecule has 1 aromatic rings. The smallest absolute Gasteiger partial charge is 0.310 e. The van der Waals surface area contributed by atoms with Crippen LogP contribution < -0.4 is 9.64 Å². The second-order valence-corrected chi connectivity index (χ2v) is 4.75. The first-order valence-corrected chi connectivity index (χ1v) is 5.45. The highest BCUT2D eigenvalue weighted by atomic mass is 16.5. The minimum absolute atomic E-state index is 0.440. The molecular weight excluding hydrogens is 218 g/mol. The molecule has 0 radical (unpaired) electrons. The summed E-state index contributed by atoms with van der Waals surface area (Å²) in [5, 5.41) is 9.09. The first-order chi connectivity index (χ1) is 7.86. The Balaban J connectivity index is 2.82. The van der Waals surface area contributed by atoms with Gasteiger partial charge in [-0.05, 0) is 26.0 Å². The Morgan fingerprint density at radius 3 is 2.65 bits per heavy atom. The Morgan fingerprint density at radius 2 is 2.12 bits per heavy atom. The molecule has 4 heteroatoms. The summed E-state index contributed by atoms with van der Waals surface area (Å²) in [6.07, 6.45) is 0. The van der Waals surface area contributed by atoms with E-state index >= 15 is 0 Å². The zero-order chi connectivity index (χ0) is 13.1. The maximum Gasteiger partial charge on any atom is 0.310 e. The quantitative estimate of drug-likeness (QED) is 0.853. The minimum Gasteiger partial charge on any atom is -0.497 e. The fourth-order valence-electron chi connectivity index (χ4n) is 1.60. The molecule has 1 aromatic carbocycles. The molecule has 0 atom stereocenters. The number of ether oxygens (including phenoxy) is 1. The average molecular weight is 237 g/mol. The first kappa shape index (κ1) is 13.4. The number of carbonyl (C=O) groups is 1. The van der Waals surface area contributed by atoms with Crippen LogP contribution in [-0.2, 0) is 4.79 Å². The van der Waals surface area contributed by atoms with Gasteiger partial charge in [-0.25, -0.2) is 0 Å². The number of aliphatic carboxylic acids is 1. The van der Waals surface area contributed by atoms with Crippen molar-refractivity contribution in [3.63, 3.8) is 0 Å². The SMILES string of the molecule is COc1cccc(N(C)CC(C)(C)C(=O)O)c1. The van der Waals surface area contributed by atoms with Crippen LogP contribution in [0.3, 0.4) is 0 Å². The maximum atomic E-state index is 11.1. The van der Waals surface area contributed by atoms with Crippen LogP contribution in [-0.4, -0.2) is 31.8 Å². The van der Waals surface area contributed by atoms with Crippen molar-refractivity contribution in [2.45, 2.75) is 13.8 Å². The van der Waals surface area contributed by atoms with Crippen molar-refractivity contribution in [2.75, 3.05) is 25.6 Å². The number of anilines is 1. The summed E-state index contributed by atoms with van der Waals surface area (Å²) in [6.45, 7) is 3.87. The van der Waals surface area contributed by atoms with E-state index in [2.05, 4.69) is 0 Å². The van der Waals surface area contributed by atoms with Gasteiger partial charge in [0.1, 0.15) is 5.75 Å². The van der Waals surface area contributed by atoms with Crippen LogP contribution >= 0.6 is 0 Å². The lowest BCUT2D eigenvalue weighted by atomic mass is 9.93. The van der Waals surface area contributed by atoms with Gasteiger partial charge < -0.3 is 14.7 Å². The number of rotatable bonds is 5. The van der Waals surface area contributed by atoms with Gasteiger partial charge in [-0.2, -0.15) is 0 Å². The lowest BCUT2D eigenvalue weighted by Gasteiger charge is -2.28. The van der Waals surface area contributed by atoms with Crippen LogP contribution in [0, 0.1) is 5.41 Å². The predicted octanol–water partition coefficient (Wildman–Crippen LogP) is 2.24. The third kappa shape index (κ3) is 3.37. The molecule has 17 heavy (non-hydrogen) atoms. The molecule has 0 aliphatic carbocycles. The average Bonchev–Trinajstić information content (AvgIpc) is 2.28. The van der Waals surface area contributed by atoms with Crippen molar-refractivity contribution >= 4 is 11.7 Å². The summed E-state index contributed by atoms with van der Waals surface area (Å²) in [5.41, 5.74) is 0.163. The number of hydrogen-bond acceptors (Lipinski definition) is 3. The molecule has 4 nitrogen and oxygen atoms in total. The summed E-state index contributed by atoms with van der Waals surface area (Å²) in [4.78, 5) is 13.0. The van der Waals surface area contributed by atoms with Gasteiger partial charge in [0.05, 0.1) is 12.5 Å². The van der Waals surface area contributed by atoms with E-state index in [1.54, 1.807) is 21.0 Å². The van der Waals surface area contributed by atoms with E-state index in [9.17, 15) is 4.79 Å². The van der Waals surface area contributed by atoms with Gasteiger partial charge in [0.25, 0.3) is 0 Å². The molecule has 0 unspecified atom stereocenters. The second kappa shape index (κ2) is 5.08. The molecule has 94 valence electrons. The van der Waals surface area contributed by atoms with Gasteiger partial charge in [0, 0.05) is 25.3 Å². The van der Waals surface area contributed by atoms with E-state index in [1.807, 2.05) is 36.2 Å². The molecule has 1 rings (SSSR count). The fraction of sp³-hybridized carbons (Fsp3) is 0.462. The van der Waals surface area contributed by atoms with Crippen LogP contribution in [0.25, 0.3) is 0 Å². The molecule has 0 aliphatic heterocycles. The van der Waals surface area contributed by atoms with Gasteiger partial charge >= 0.3 is 5.97 Å². The fourth-order valence-corrected chi connectivity index (χ4v) is 1.60. The predicted molar refractivity (Wildman–Crippen MR) is 67.7 cm³/mol. The number of methoxy groups -OCH3 is 1. The van der Waals surface area contributed by atoms with Gasteiger partial charge in [0.15, 0.2) is 0 Å². The molecule has 1 N–H and O–H groups in total. The third-order valence-corrected chi connectivity index (χ3v) is 2.71. The van der Waals surface area contributed by atoms with Crippen LogP contribution in [0.15, 0.2) is 24.3 Å². The van der Waals surface area contributed by atoms with Gasteiger partial charge in [-0.15, -0.1) is 0 Å². The summed E-state index contributed by atoms with van der Waals surface area (Å²) >= 11 is 0. The van der Waals surface area contributed by atoms with Crippen molar-refractivity contribution in [1.82, 2.24) is 0 Å². The molecule has 0 saturated heterocycles. The molecule has 0 saturated carbocycles. The monoisotopic (exact) mass is 237 g/mol. The second-order valence-electron chi connectivity index (χ2n) is 4.75. The molecule has 0 amide bonds. The zero-order valence-corrected chi connectivity index (χ0v) is 10.7. The Labute approximate surface area is 102 Å². The van der Waals surface area contributed by atoms with Crippen molar-refractivity contribution in [3.05, 3.63) is 24.3 Å². The number of benzene rings is 1. The molecular formula is C13H19NO3. The Hall–Kier alpha value is -1.71. The van der Waals surface area contributed by atoms with Crippen molar-refractivity contribution in [2.24, 2.45) is 5.41 Å². The Morgan fingerprint density at radius 1 is 1.47 bits per heavy atom. The lowest BCUT2D eigenvalue weighted by molar-refractivity contribution is -0.146. The van der Waals surface area contributed by atoms with Crippen LogP contribution in [0.2, 0.25) is 0 Å². The highest BCUT2D eigenvalue weighted by Gasteiger charge is 2.28. The molecule has 0 heterocycles. The van der Waals surface area contributed by atoms with E-state index in [1.165, 1.54) is 0 Å². The largest absolute Gasteiger partial charge is 0.497 e. The van der Waals surface area contributed by atoms with E-state index in [0.717, 1.165) is 11.4 Å². The Kier molecular flexibility index (Phi) is 3.99. The van der Waals surface area contributed by atoms with E-state index in [-0.39, 0.29) is 0 Å². The van der Waals surface area contributed by atoms with Gasteiger partial charge in [-0.1, -0.05) is 6.07 Å². The van der Waals surface area contributed by atoms with Crippen LogP contribution in [0.4, 0.5) is 5.69 Å². The van der Waals surface area contributed by atoms with E-state index in [4.69, 9.17) is 9.84 Å². The molecule has 0 fully saturated rings. The first-order valence-electron chi connectivity index (χ1n) is 5.45. The summed E-state index contributed by atoms with van der Waals surface area (Å²) in [5.74, 6) is -0.0327. The van der Waals surface area contributed by atoms with Crippen molar-refractivity contribution in [3.8, 4) is 5.75 Å². The normalized spacial score (nSPS) is 11.1. The summed E-state index contributed by atoms with van der Waals surface area (Å²) in [7, 11) is 3.49. The van der Waals surface area contributed by atoms with Gasteiger partial charge in [0.2, 0.25) is 0 Å². The zero-order valence-electron chi connectivity index (χ0n) is 10.7. The topological polar surface area (TPSA) is 49.8 Å². The van der Waals surface area contributed by atoms with Crippen LogP contribution in [0.5, 0.6) is 5.75 Å². The molecule has 0 aliphatic rings. The minimum atomic E-state index is -0.799. The summed E-state index contributed by atoms with van der Waals surface area (Å²) < 4.78 is 5.14.